The van der Waals surface area contributed by atoms with E-state index in [1.54, 1.807) is 0 Å². The molecule has 16 heavy (non-hydrogen) atoms. The Labute approximate surface area is 99.5 Å². The Hall–Kier alpha value is -0.570. The van der Waals surface area contributed by atoms with E-state index in [9.17, 15) is 4.79 Å². The Balaban J connectivity index is 4.05. The Bertz CT molecular complexity index is 214. The van der Waals surface area contributed by atoms with Crippen LogP contribution in [-0.4, -0.2) is 25.8 Å². The van der Waals surface area contributed by atoms with E-state index < -0.39 is 5.41 Å². The van der Waals surface area contributed by atoms with Gasteiger partial charge < -0.3 is 9.47 Å². The summed E-state index contributed by atoms with van der Waals surface area (Å²) in [5.41, 5.74) is -0.299. The molecule has 0 saturated carbocycles. The predicted octanol–water partition coefficient (Wildman–Crippen LogP) is 3.03. The van der Waals surface area contributed by atoms with Crippen molar-refractivity contribution in [1.29, 1.82) is 0 Å². The van der Waals surface area contributed by atoms with Crippen molar-refractivity contribution in [2.75, 3.05) is 19.8 Å². The lowest BCUT2D eigenvalue weighted by molar-refractivity contribution is -0.157. The second kappa shape index (κ2) is 6.24. The van der Waals surface area contributed by atoms with Crippen LogP contribution in [-0.2, 0) is 14.3 Å². The van der Waals surface area contributed by atoms with E-state index in [0.29, 0.717) is 19.8 Å². The molecule has 0 aliphatic rings. The maximum absolute atomic E-state index is 11.8. The van der Waals surface area contributed by atoms with Gasteiger partial charge in [-0.3, -0.25) is 4.79 Å². The molecule has 0 heterocycles. The van der Waals surface area contributed by atoms with Crippen molar-refractivity contribution >= 4 is 5.97 Å². The van der Waals surface area contributed by atoms with Crippen molar-refractivity contribution < 1.29 is 14.3 Å². The van der Waals surface area contributed by atoms with Gasteiger partial charge in [0.2, 0.25) is 0 Å². The highest BCUT2D eigenvalue weighted by molar-refractivity contribution is 5.75. The Kier molecular flexibility index (Phi) is 6.01. The van der Waals surface area contributed by atoms with Crippen molar-refractivity contribution in [3.05, 3.63) is 0 Å². The SMILES string of the molecule is CCOCCOC(=O)C(C)(C)CC(C)(C)C. The highest BCUT2D eigenvalue weighted by atomic mass is 16.6. The van der Waals surface area contributed by atoms with Crippen molar-refractivity contribution in [2.45, 2.75) is 48.0 Å². The Morgan fingerprint density at radius 2 is 1.62 bits per heavy atom. The second-order valence-electron chi connectivity index (χ2n) is 5.95. The number of hydrogen-bond acceptors (Lipinski definition) is 3. The Morgan fingerprint density at radius 1 is 1.06 bits per heavy atom. The minimum atomic E-state index is -0.426. The van der Waals surface area contributed by atoms with Gasteiger partial charge in [-0.1, -0.05) is 20.8 Å². The van der Waals surface area contributed by atoms with Crippen molar-refractivity contribution in [2.24, 2.45) is 10.8 Å². The van der Waals surface area contributed by atoms with E-state index in [1.807, 2.05) is 20.8 Å². The minimum absolute atomic E-state index is 0.127. The standard InChI is InChI=1S/C13H26O3/c1-7-15-8-9-16-11(14)13(5,6)10-12(2,3)4/h7-10H2,1-6H3. The number of esters is 1. The van der Waals surface area contributed by atoms with Gasteiger partial charge in [-0.15, -0.1) is 0 Å². The van der Waals surface area contributed by atoms with Gasteiger partial charge in [0, 0.05) is 6.61 Å². The molecule has 0 radical (unpaired) electrons. The lowest BCUT2D eigenvalue weighted by atomic mass is 9.76. The van der Waals surface area contributed by atoms with Crippen LogP contribution in [0.5, 0.6) is 0 Å². The molecule has 0 aromatic heterocycles. The van der Waals surface area contributed by atoms with Crippen LogP contribution in [0.1, 0.15) is 48.0 Å². The summed E-state index contributed by atoms with van der Waals surface area (Å²) in [5, 5.41) is 0. The summed E-state index contributed by atoms with van der Waals surface area (Å²) < 4.78 is 10.3. The lowest BCUT2D eigenvalue weighted by Gasteiger charge is -2.30. The van der Waals surface area contributed by atoms with Gasteiger partial charge >= 0.3 is 5.97 Å². The van der Waals surface area contributed by atoms with Gasteiger partial charge in [-0.2, -0.15) is 0 Å². The molecular formula is C13H26O3. The zero-order chi connectivity index (χ0) is 12.8. The quantitative estimate of drug-likeness (QED) is 0.519. The molecule has 0 rings (SSSR count). The van der Waals surface area contributed by atoms with Gasteiger partial charge in [-0.25, -0.2) is 0 Å². The number of carbonyl (C=O) groups is 1. The molecule has 0 unspecified atom stereocenters. The molecule has 0 aromatic carbocycles. The number of ether oxygens (including phenoxy) is 2. The Morgan fingerprint density at radius 3 is 2.06 bits per heavy atom. The van der Waals surface area contributed by atoms with Gasteiger partial charge in [-0.05, 0) is 32.6 Å². The molecule has 0 fully saturated rings. The molecule has 96 valence electrons. The van der Waals surface area contributed by atoms with Gasteiger partial charge in [0.05, 0.1) is 12.0 Å². The van der Waals surface area contributed by atoms with Crippen LogP contribution in [0.2, 0.25) is 0 Å². The van der Waals surface area contributed by atoms with Crippen LogP contribution >= 0.6 is 0 Å². The first-order valence-electron chi connectivity index (χ1n) is 5.94. The number of rotatable bonds is 6. The third-order valence-corrected chi connectivity index (χ3v) is 2.19. The predicted molar refractivity (Wildman–Crippen MR) is 65.3 cm³/mol. The molecule has 0 atom stereocenters. The normalized spacial score (nSPS) is 12.6. The molecule has 0 saturated heterocycles. The maximum atomic E-state index is 11.8. The largest absolute Gasteiger partial charge is 0.463 e. The molecule has 3 heteroatoms. The van der Waals surface area contributed by atoms with Crippen molar-refractivity contribution in [1.82, 2.24) is 0 Å². The summed E-state index contributed by atoms with van der Waals surface area (Å²) in [6, 6.07) is 0. The topological polar surface area (TPSA) is 35.5 Å². The van der Waals surface area contributed by atoms with Crippen LogP contribution in [0.15, 0.2) is 0 Å². The molecular weight excluding hydrogens is 204 g/mol. The summed E-state index contributed by atoms with van der Waals surface area (Å²) >= 11 is 0. The van der Waals surface area contributed by atoms with E-state index in [1.165, 1.54) is 0 Å². The summed E-state index contributed by atoms with van der Waals surface area (Å²) in [5.74, 6) is -0.137. The van der Waals surface area contributed by atoms with Crippen LogP contribution < -0.4 is 0 Å². The molecule has 3 nitrogen and oxygen atoms in total. The first-order valence-corrected chi connectivity index (χ1v) is 5.94. The molecule has 0 N–H and O–H groups in total. The average molecular weight is 230 g/mol. The fraction of sp³-hybridized carbons (Fsp3) is 0.923. The van der Waals surface area contributed by atoms with E-state index in [2.05, 4.69) is 20.8 Å². The zero-order valence-corrected chi connectivity index (χ0v) is 11.6. The maximum Gasteiger partial charge on any atom is 0.311 e. The average Bonchev–Trinajstić information content (AvgIpc) is 2.08. The smallest absolute Gasteiger partial charge is 0.311 e. The number of carbonyl (C=O) groups excluding carboxylic acids is 1. The fourth-order valence-electron chi connectivity index (χ4n) is 1.93. The summed E-state index contributed by atoms with van der Waals surface area (Å²) in [6.45, 7) is 13.7. The molecule has 0 bridgehead atoms. The van der Waals surface area contributed by atoms with E-state index in [-0.39, 0.29) is 11.4 Å². The summed E-state index contributed by atoms with van der Waals surface area (Å²) in [4.78, 5) is 11.8. The van der Waals surface area contributed by atoms with Gasteiger partial charge in [0.1, 0.15) is 6.61 Å². The van der Waals surface area contributed by atoms with Crippen LogP contribution in [0.3, 0.4) is 0 Å². The molecule has 0 aromatic rings. The molecule has 0 aliphatic heterocycles. The van der Waals surface area contributed by atoms with E-state index in [4.69, 9.17) is 9.47 Å². The molecule has 0 spiro atoms. The second-order valence-corrected chi connectivity index (χ2v) is 5.95. The van der Waals surface area contributed by atoms with Crippen LogP contribution in [0.25, 0.3) is 0 Å². The monoisotopic (exact) mass is 230 g/mol. The highest BCUT2D eigenvalue weighted by Gasteiger charge is 2.33. The van der Waals surface area contributed by atoms with Crippen molar-refractivity contribution in [3.63, 3.8) is 0 Å². The summed E-state index contributed by atoms with van der Waals surface area (Å²) in [6.07, 6.45) is 0.813. The minimum Gasteiger partial charge on any atom is -0.463 e. The third kappa shape index (κ3) is 6.83. The highest BCUT2D eigenvalue weighted by Crippen LogP contribution is 2.33. The van der Waals surface area contributed by atoms with Crippen molar-refractivity contribution in [3.8, 4) is 0 Å². The first kappa shape index (κ1) is 15.4. The number of hydrogen-bond donors (Lipinski definition) is 0. The van der Waals surface area contributed by atoms with Gasteiger partial charge in [0.25, 0.3) is 0 Å². The lowest BCUT2D eigenvalue weighted by Crippen LogP contribution is -2.31. The van der Waals surface area contributed by atoms with Crippen LogP contribution in [0, 0.1) is 10.8 Å². The molecule has 0 aliphatic carbocycles. The van der Waals surface area contributed by atoms with E-state index in [0.717, 1.165) is 6.42 Å². The first-order chi connectivity index (χ1) is 7.19. The molecule has 0 amide bonds. The fourth-order valence-corrected chi connectivity index (χ4v) is 1.93. The van der Waals surface area contributed by atoms with Crippen LogP contribution in [0.4, 0.5) is 0 Å². The zero-order valence-electron chi connectivity index (χ0n) is 11.6. The third-order valence-electron chi connectivity index (χ3n) is 2.19. The van der Waals surface area contributed by atoms with E-state index >= 15 is 0 Å². The summed E-state index contributed by atoms with van der Waals surface area (Å²) in [7, 11) is 0. The van der Waals surface area contributed by atoms with Gasteiger partial charge in [0.15, 0.2) is 0 Å².